The van der Waals surface area contributed by atoms with E-state index in [2.05, 4.69) is 10.3 Å². The summed E-state index contributed by atoms with van der Waals surface area (Å²) >= 11 is 0. The van der Waals surface area contributed by atoms with Gasteiger partial charge in [0.05, 0.1) is 10.8 Å². The number of aromatic nitrogens is 1. The highest BCUT2D eigenvalue weighted by Crippen LogP contribution is 2.24. The van der Waals surface area contributed by atoms with Gasteiger partial charge in [-0.1, -0.05) is 0 Å². The summed E-state index contributed by atoms with van der Waals surface area (Å²) in [6.45, 7) is 2.14. The zero-order valence-electron chi connectivity index (χ0n) is 13.5. The summed E-state index contributed by atoms with van der Waals surface area (Å²) in [7, 11) is -3.22. The van der Waals surface area contributed by atoms with Crippen molar-refractivity contribution in [2.24, 2.45) is 0 Å². The second-order valence-electron chi connectivity index (χ2n) is 6.22. The zero-order chi connectivity index (χ0) is 17.0. The molecular weight excluding hydrogens is 328 g/mol. The van der Waals surface area contributed by atoms with E-state index >= 15 is 0 Å². The number of nitrogens with zero attached hydrogens (tertiary/aromatic N) is 3. The van der Waals surface area contributed by atoms with Crippen molar-refractivity contribution in [3.63, 3.8) is 0 Å². The van der Waals surface area contributed by atoms with Crippen molar-refractivity contribution in [3.8, 4) is 6.07 Å². The second kappa shape index (κ2) is 7.47. The van der Waals surface area contributed by atoms with Gasteiger partial charge in [0.15, 0.2) is 0 Å². The van der Waals surface area contributed by atoms with Crippen LogP contribution >= 0.6 is 0 Å². The van der Waals surface area contributed by atoms with Crippen molar-refractivity contribution in [2.45, 2.75) is 37.0 Å². The van der Waals surface area contributed by atoms with Crippen molar-refractivity contribution in [3.05, 3.63) is 23.9 Å². The highest BCUT2D eigenvalue weighted by molar-refractivity contribution is 7.89. The Bertz CT molecular complexity index is 685. The van der Waals surface area contributed by atoms with E-state index in [0.29, 0.717) is 44.7 Å². The number of piperidine rings is 1. The van der Waals surface area contributed by atoms with Gasteiger partial charge < -0.3 is 10.1 Å². The summed E-state index contributed by atoms with van der Waals surface area (Å²) in [6.07, 6.45) is 4.23. The minimum Gasteiger partial charge on any atom is -0.381 e. The standard InChI is InChI=1S/C16H22N4O3S/c17-11-13-1-2-16(18-12-13)19-14-3-7-20(8-4-14)24(21,22)15-5-9-23-10-6-15/h1-2,12,14-15H,3-10H2,(H,18,19). The molecule has 130 valence electrons. The molecule has 24 heavy (non-hydrogen) atoms. The molecule has 0 saturated carbocycles. The SMILES string of the molecule is N#Cc1ccc(NC2CCN(S(=O)(=O)C3CCOCC3)CC2)nc1. The van der Waals surface area contributed by atoms with E-state index in [1.165, 1.54) is 6.20 Å². The second-order valence-corrected chi connectivity index (χ2v) is 8.43. The lowest BCUT2D eigenvalue weighted by Crippen LogP contribution is -2.47. The summed E-state index contributed by atoms with van der Waals surface area (Å²) < 4.78 is 32.3. The molecule has 8 heteroatoms. The van der Waals surface area contributed by atoms with Crippen molar-refractivity contribution in [1.82, 2.24) is 9.29 Å². The molecule has 0 unspecified atom stereocenters. The third-order valence-corrected chi connectivity index (χ3v) is 7.05. The monoisotopic (exact) mass is 350 g/mol. The number of hydrogen-bond acceptors (Lipinski definition) is 6. The quantitative estimate of drug-likeness (QED) is 0.880. The normalized spacial score (nSPS) is 21.3. The summed E-state index contributed by atoms with van der Waals surface area (Å²) in [5, 5.41) is 11.8. The summed E-state index contributed by atoms with van der Waals surface area (Å²) in [4.78, 5) is 4.21. The van der Waals surface area contributed by atoms with E-state index in [0.717, 1.165) is 18.7 Å². The molecule has 0 amide bonds. The van der Waals surface area contributed by atoms with Crippen LogP contribution in [0.2, 0.25) is 0 Å². The molecule has 0 aromatic carbocycles. The highest BCUT2D eigenvalue weighted by atomic mass is 32.2. The molecule has 7 nitrogen and oxygen atoms in total. The van der Waals surface area contributed by atoms with E-state index in [9.17, 15) is 8.42 Å². The number of nitrogens with one attached hydrogen (secondary N) is 1. The predicted octanol–water partition coefficient (Wildman–Crippen LogP) is 1.34. The van der Waals surface area contributed by atoms with E-state index in [1.54, 1.807) is 16.4 Å². The number of nitriles is 1. The first-order chi connectivity index (χ1) is 11.6. The Balaban J connectivity index is 1.54. The predicted molar refractivity (Wildman–Crippen MR) is 89.9 cm³/mol. The molecule has 0 bridgehead atoms. The lowest BCUT2D eigenvalue weighted by atomic mass is 10.1. The molecule has 2 saturated heterocycles. The molecule has 3 rings (SSSR count). The minimum atomic E-state index is -3.22. The van der Waals surface area contributed by atoms with Crippen LogP contribution in [0.3, 0.4) is 0 Å². The maximum atomic E-state index is 12.7. The molecule has 2 aliphatic heterocycles. The maximum absolute atomic E-state index is 12.7. The molecule has 1 N–H and O–H groups in total. The van der Waals surface area contributed by atoms with Crippen LogP contribution in [0.25, 0.3) is 0 Å². The summed E-state index contributed by atoms with van der Waals surface area (Å²) in [5.74, 6) is 0.722. The first-order valence-electron chi connectivity index (χ1n) is 8.29. The minimum absolute atomic E-state index is 0.201. The lowest BCUT2D eigenvalue weighted by Gasteiger charge is -2.35. The maximum Gasteiger partial charge on any atom is 0.217 e. The van der Waals surface area contributed by atoms with Crippen molar-refractivity contribution >= 4 is 15.8 Å². The lowest BCUT2D eigenvalue weighted by molar-refractivity contribution is 0.0969. The largest absolute Gasteiger partial charge is 0.381 e. The van der Waals surface area contributed by atoms with E-state index in [4.69, 9.17) is 10.00 Å². The molecule has 0 spiro atoms. The van der Waals surface area contributed by atoms with Gasteiger partial charge in [-0.2, -0.15) is 5.26 Å². The van der Waals surface area contributed by atoms with Crippen LogP contribution in [0.5, 0.6) is 0 Å². The first kappa shape index (κ1) is 17.1. The van der Waals surface area contributed by atoms with Gasteiger partial charge in [-0.15, -0.1) is 0 Å². The molecule has 1 aromatic rings. The first-order valence-corrected chi connectivity index (χ1v) is 9.79. The molecule has 0 radical (unpaired) electrons. The molecule has 1 aromatic heterocycles. The summed E-state index contributed by atoms with van der Waals surface area (Å²) in [5.41, 5.74) is 0.526. The number of hydrogen-bond donors (Lipinski definition) is 1. The van der Waals surface area contributed by atoms with Crippen LogP contribution in [0.4, 0.5) is 5.82 Å². The van der Waals surface area contributed by atoms with E-state index < -0.39 is 10.0 Å². The number of ether oxygens (including phenoxy) is 1. The van der Waals surface area contributed by atoms with Crippen LogP contribution in [0.15, 0.2) is 18.3 Å². The van der Waals surface area contributed by atoms with Gasteiger partial charge in [-0.3, -0.25) is 0 Å². The molecule has 0 aliphatic carbocycles. The molecule has 2 fully saturated rings. The number of sulfonamides is 1. The molecule has 2 aliphatic rings. The van der Waals surface area contributed by atoms with Crippen molar-refractivity contribution < 1.29 is 13.2 Å². The molecule has 0 atom stereocenters. The highest BCUT2D eigenvalue weighted by Gasteiger charge is 2.35. The Labute approximate surface area is 142 Å². The number of anilines is 1. The van der Waals surface area contributed by atoms with Gasteiger partial charge in [-0.25, -0.2) is 17.7 Å². The van der Waals surface area contributed by atoms with Gasteiger partial charge in [-0.05, 0) is 37.8 Å². The Kier molecular flexibility index (Phi) is 5.33. The Morgan fingerprint density at radius 3 is 2.50 bits per heavy atom. The smallest absolute Gasteiger partial charge is 0.217 e. The van der Waals surface area contributed by atoms with E-state index in [-0.39, 0.29) is 11.3 Å². The molecule has 3 heterocycles. The van der Waals surface area contributed by atoms with Crippen LogP contribution in [-0.2, 0) is 14.8 Å². The fourth-order valence-corrected chi connectivity index (χ4v) is 5.12. The number of rotatable bonds is 4. The Morgan fingerprint density at radius 2 is 1.92 bits per heavy atom. The van der Waals surface area contributed by atoms with Crippen LogP contribution in [0, 0.1) is 11.3 Å². The summed E-state index contributed by atoms with van der Waals surface area (Å²) in [6, 6.07) is 5.74. The van der Waals surface area contributed by atoms with Crippen LogP contribution in [0.1, 0.15) is 31.2 Å². The zero-order valence-corrected chi connectivity index (χ0v) is 14.3. The van der Waals surface area contributed by atoms with Gasteiger partial charge in [0.25, 0.3) is 0 Å². The molecular formula is C16H22N4O3S. The third kappa shape index (κ3) is 3.86. The Morgan fingerprint density at radius 1 is 1.21 bits per heavy atom. The number of pyridine rings is 1. The third-order valence-electron chi connectivity index (χ3n) is 4.65. The van der Waals surface area contributed by atoms with Gasteiger partial charge >= 0.3 is 0 Å². The topological polar surface area (TPSA) is 95.3 Å². The van der Waals surface area contributed by atoms with Gasteiger partial charge in [0.2, 0.25) is 10.0 Å². The Hall–Kier alpha value is -1.69. The average Bonchev–Trinajstić information content (AvgIpc) is 2.63. The van der Waals surface area contributed by atoms with Crippen molar-refractivity contribution in [2.75, 3.05) is 31.6 Å². The van der Waals surface area contributed by atoms with Gasteiger partial charge in [0, 0.05) is 38.5 Å². The fraction of sp³-hybridized carbons (Fsp3) is 0.625. The van der Waals surface area contributed by atoms with E-state index in [1.807, 2.05) is 6.07 Å². The van der Waals surface area contributed by atoms with Crippen LogP contribution < -0.4 is 5.32 Å². The fourth-order valence-electron chi connectivity index (χ4n) is 3.19. The van der Waals surface area contributed by atoms with Gasteiger partial charge in [0.1, 0.15) is 11.9 Å². The van der Waals surface area contributed by atoms with Crippen LogP contribution in [-0.4, -0.2) is 55.3 Å². The average molecular weight is 350 g/mol. The van der Waals surface area contributed by atoms with Crippen molar-refractivity contribution in [1.29, 1.82) is 5.26 Å².